The first-order chi connectivity index (χ1) is 8.90. The molecule has 1 aromatic rings. The Kier molecular flexibility index (Phi) is 5.36. The minimum atomic E-state index is -0.540. The van der Waals surface area contributed by atoms with Gasteiger partial charge in [0.25, 0.3) is 0 Å². The highest BCUT2D eigenvalue weighted by atomic mass is 16.3. The van der Waals surface area contributed by atoms with Gasteiger partial charge < -0.3 is 15.7 Å². The van der Waals surface area contributed by atoms with Crippen LogP contribution in [0.2, 0.25) is 0 Å². The van der Waals surface area contributed by atoms with Crippen LogP contribution in [0.25, 0.3) is 0 Å². The summed E-state index contributed by atoms with van der Waals surface area (Å²) in [6.45, 7) is 7.83. The summed E-state index contributed by atoms with van der Waals surface area (Å²) in [4.78, 5) is 11.9. The van der Waals surface area contributed by atoms with Crippen molar-refractivity contribution in [2.24, 2.45) is 0 Å². The standard InChI is InChI=1S/C15H24N2O2/c1-5-15(4,6-2)17-14(19)16-13-9-7-8-12(10-13)11(3)18/h7-11,18H,5-6H2,1-4H3,(H2,16,17,19). The zero-order valence-electron chi connectivity index (χ0n) is 12.2. The summed E-state index contributed by atoms with van der Waals surface area (Å²) in [5.41, 5.74) is 1.28. The number of benzene rings is 1. The van der Waals surface area contributed by atoms with Crippen LogP contribution in [0.1, 0.15) is 52.2 Å². The average Bonchev–Trinajstić information content (AvgIpc) is 2.38. The fraction of sp³-hybridized carbons (Fsp3) is 0.533. The van der Waals surface area contributed by atoms with E-state index in [4.69, 9.17) is 0 Å². The van der Waals surface area contributed by atoms with Crippen LogP contribution in [0.15, 0.2) is 24.3 Å². The molecule has 0 aliphatic carbocycles. The molecule has 0 heterocycles. The van der Waals surface area contributed by atoms with E-state index in [0.29, 0.717) is 5.69 Å². The number of anilines is 1. The lowest BCUT2D eigenvalue weighted by Gasteiger charge is -2.28. The lowest BCUT2D eigenvalue weighted by atomic mass is 9.96. The number of urea groups is 1. The second-order valence-corrected chi connectivity index (χ2v) is 5.15. The maximum Gasteiger partial charge on any atom is 0.319 e. The van der Waals surface area contributed by atoms with Crippen molar-refractivity contribution in [1.29, 1.82) is 0 Å². The van der Waals surface area contributed by atoms with E-state index >= 15 is 0 Å². The number of amides is 2. The van der Waals surface area contributed by atoms with E-state index in [9.17, 15) is 9.90 Å². The van der Waals surface area contributed by atoms with Crippen LogP contribution in [0.5, 0.6) is 0 Å². The number of hydrogen-bond acceptors (Lipinski definition) is 2. The molecule has 2 amide bonds. The van der Waals surface area contributed by atoms with Gasteiger partial charge in [-0.25, -0.2) is 4.79 Å². The molecule has 4 heteroatoms. The third-order valence-electron chi connectivity index (χ3n) is 3.60. The van der Waals surface area contributed by atoms with Gasteiger partial charge in [0.05, 0.1) is 6.10 Å². The molecule has 1 aromatic carbocycles. The molecule has 19 heavy (non-hydrogen) atoms. The molecule has 0 aliphatic heterocycles. The second-order valence-electron chi connectivity index (χ2n) is 5.15. The molecule has 106 valence electrons. The van der Waals surface area contributed by atoms with Gasteiger partial charge in [0.1, 0.15) is 0 Å². The SMILES string of the molecule is CCC(C)(CC)NC(=O)Nc1cccc(C(C)O)c1. The molecule has 3 N–H and O–H groups in total. The van der Waals surface area contributed by atoms with Gasteiger partial charge in [-0.15, -0.1) is 0 Å². The molecule has 0 spiro atoms. The Morgan fingerprint density at radius 3 is 2.53 bits per heavy atom. The van der Waals surface area contributed by atoms with Crippen molar-refractivity contribution < 1.29 is 9.90 Å². The van der Waals surface area contributed by atoms with E-state index in [0.717, 1.165) is 18.4 Å². The van der Waals surface area contributed by atoms with E-state index in [1.54, 1.807) is 19.1 Å². The predicted molar refractivity (Wildman–Crippen MR) is 78.2 cm³/mol. The van der Waals surface area contributed by atoms with Gasteiger partial charge in [-0.2, -0.15) is 0 Å². The Hall–Kier alpha value is -1.55. The van der Waals surface area contributed by atoms with Crippen LogP contribution in [-0.2, 0) is 0 Å². The number of aliphatic hydroxyl groups is 1. The zero-order valence-corrected chi connectivity index (χ0v) is 12.2. The lowest BCUT2D eigenvalue weighted by Crippen LogP contribution is -2.46. The third-order valence-corrected chi connectivity index (χ3v) is 3.60. The molecular formula is C15H24N2O2. The summed E-state index contributed by atoms with van der Waals surface area (Å²) in [6, 6.07) is 7.01. The topological polar surface area (TPSA) is 61.4 Å². The first-order valence-corrected chi connectivity index (χ1v) is 6.77. The van der Waals surface area contributed by atoms with Gasteiger partial charge in [-0.1, -0.05) is 26.0 Å². The molecule has 0 aromatic heterocycles. The van der Waals surface area contributed by atoms with Gasteiger partial charge >= 0.3 is 6.03 Å². The van der Waals surface area contributed by atoms with Crippen LogP contribution in [0.4, 0.5) is 10.5 Å². The summed E-state index contributed by atoms with van der Waals surface area (Å²) in [5, 5.41) is 15.3. The average molecular weight is 264 g/mol. The van der Waals surface area contributed by atoms with Crippen molar-refractivity contribution in [2.75, 3.05) is 5.32 Å². The maximum atomic E-state index is 11.9. The van der Waals surface area contributed by atoms with Crippen molar-refractivity contribution in [3.8, 4) is 0 Å². The summed E-state index contributed by atoms with van der Waals surface area (Å²) in [5.74, 6) is 0. The van der Waals surface area contributed by atoms with Gasteiger partial charge in [0, 0.05) is 11.2 Å². The summed E-state index contributed by atoms with van der Waals surface area (Å²) < 4.78 is 0. The largest absolute Gasteiger partial charge is 0.389 e. The van der Waals surface area contributed by atoms with Crippen LogP contribution in [0.3, 0.4) is 0 Å². The lowest BCUT2D eigenvalue weighted by molar-refractivity contribution is 0.199. The number of nitrogens with one attached hydrogen (secondary N) is 2. The first kappa shape index (κ1) is 15.5. The van der Waals surface area contributed by atoms with Gasteiger partial charge in [-0.3, -0.25) is 0 Å². The van der Waals surface area contributed by atoms with Gasteiger partial charge in [0.15, 0.2) is 0 Å². The number of aliphatic hydroxyl groups excluding tert-OH is 1. The van der Waals surface area contributed by atoms with Gasteiger partial charge in [-0.05, 0) is 44.4 Å². The Morgan fingerprint density at radius 2 is 2.00 bits per heavy atom. The minimum absolute atomic E-state index is 0.189. The van der Waals surface area contributed by atoms with Crippen molar-refractivity contribution in [3.63, 3.8) is 0 Å². The van der Waals surface area contributed by atoms with E-state index in [-0.39, 0.29) is 11.6 Å². The number of rotatable bonds is 5. The van der Waals surface area contributed by atoms with Crippen LogP contribution in [0, 0.1) is 0 Å². The summed E-state index contributed by atoms with van der Waals surface area (Å²) in [6.07, 6.45) is 1.22. The van der Waals surface area contributed by atoms with Crippen LogP contribution >= 0.6 is 0 Å². The van der Waals surface area contributed by atoms with Crippen molar-refractivity contribution in [3.05, 3.63) is 29.8 Å². The molecule has 0 radical (unpaired) electrons. The second kappa shape index (κ2) is 6.57. The van der Waals surface area contributed by atoms with E-state index in [2.05, 4.69) is 24.5 Å². The molecule has 1 atom stereocenters. The molecule has 0 bridgehead atoms. The Balaban J connectivity index is 2.69. The monoisotopic (exact) mass is 264 g/mol. The maximum absolute atomic E-state index is 11.9. The highest BCUT2D eigenvalue weighted by Crippen LogP contribution is 2.18. The fourth-order valence-corrected chi connectivity index (χ4v) is 1.74. The highest BCUT2D eigenvalue weighted by molar-refractivity contribution is 5.89. The highest BCUT2D eigenvalue weighted by Gasteiger charge is 2.21. The molecular weight excluding hydrogens is 240 g/mol. The van der Waals surface area contributed by atoms with Crippen LogP contribution < -0.4 is 10.6 Å². The van der Waals surface area contributed by atoms with E-state index < -0.39 is 6.10 Å². The minimum Gasteiger partial charge on any atom is -0.389 e. The molecule has 0 saturated heterocycles. The molecule has 0 aliphatic rings. The Morgan fingerprint density at radius 1 is 1.37 bits per heavy atom. The number of hydrogen-bond donors (Lipinski definition) is 3. The smallest absolute Gasteiger partial charge is 0.319 e. The number of carbonyl (C=O) groups is 1. The molecule has 0 fully saturated rings. The fourth-order valence-electron chi connectivity index (χ4n) is 1.74. The molecule has 1 unspecified atom stereocenters. The van der Waals surface area contributed by atoms with E-state index in [1.165, 1.54) is 0 Å². The van der Waals surface area contributed by atoms with Crippen molar-refractivity contribution in [1.82, 2.24) is 5.32 Å². The molecule has 1 rings (SSSR count). The Labute approximate surface area is 115 Å². The normalized spacial score (nSPS) is 12.9. The summed E-state index contributed by atoms with van der Waals surface area (Å²) in [7, 11) is 0. The predicted octanol–water partition coefficient (Wildman–Crippen LogP) is 3.44. The van der Waals surface area contributed by atoms with Crippen molar-refractivity contribution in [2.45, 2.75) is 52.2 Å². The number of carbonyl (C=O) groups excluding carboxylic acids is 1. The van der Waals surface area contributed by atoms with E-state index in [1.807, 2.05) is 19.1 Å². The molecule has 0 saturated carbocycles. The molecule has 4 nitrogen and oxygen atoms in total. The first-order valence-electron chi connectivity index (χ1n) is 6.77. The van der Waals surface area contributed by atoms with Crippen LogP contribution in [-0.4, -0.2) is 16.7 Å². The third kappa shape index (κ3) is 4.56. The quantitative estimate of drug-likeness (QED) is 0.763. The zero-order chi connectivity index (χ0) is 14.5. The van der Waals surface area contributed by atoms with Crippen molar-refractivity contribution >= 4 is 11.7 Å². The summed E-state index contributed by atoms with van der Waals surface area (Å²) >= 11 is 0. The van der Waals surface area contributed by atoms with Gasteiger partial charge in [0.2, 0.25) is 0 Å². The Bertz CT molecular complexity index is 426.